The molecule has 1 aromatic carbocycles. The van der Waals surface area contributed by atoms with Crippen LogP contribution in [-0.4, -0.2) is 47.4 Å². The van der Waals surface area contributed by atoms with Crippen LogP contribution in [0.3, 0.4) is 0 Å². The van der Waals surface area contributed by atoms with Crippen molar-refractivity contribution in [3.8, 4) is 16.3 Å². The predicted octanol–water partition coefficient (Wildman–Crippen LogP) is 2.95. The monoisotopic (exact) mass is 406 g/mol. The maximum atomic E-state index is 12.4. The number of nitrogens with two attached hydrogens (primary N) is 1. The van der Waals surface area contributed by atoms with Gasteiger partial charge in [0.1, 0.15) is 11.7 Å². The molecule has 2 heterocycles. The van der Waals surface area contributed by atoms with E-state index in [0.717, 1.165) is 21.8 Å². The van der Waals surface area contributed by atoms with Crippen LogP contribution in [0.5, 0.6) is 0 Å². The third-order valence-electron chi connectivity index (χ3n) is 4.01. The van der Waals surface area contributed by atoms with Gasteiger partial charge in [0, 0.05) is 32.5 Å². The number of methoxy groups -OCH3 is 1. The smallest absolute Gasteiger partial charge is 0.241 e. The topological polar surface area (TPSA) is 73.4 Å². The molecule has 27 heavy (non-hydrogen) atoms. The van der Waals surface area contributed by atoms with Crippen molar-refractivity contribution >= 4 is 29.7 Å². The Morgan fingerprint density at radius 2 is 2.04 bits per heavy atom. The number of hydrogen-bond acceptors (Lipinski definition) is 5. The largest absolute Gasteiger partial charge is 0.383 e. The molecule has 0 aliphatic rings. The van der Waals surface area contributed by atoms with Crippen molar-refractivity contribution in [2.45, 2.75) is 12.6 Å². The van der Waals surface area contributed by atoms with E-state index in [0.29, 0.717) is 6.54 Å². The lowest BCUT2D eigenvalue weighted by Crippen LogP contribution is -2.44. The van der Waals surface area contributed by atoms with Gasteiger partial charge >= 0.3 is 0 Å². The summed E-state index contributed by atoms with van der Waals surface area (Å²) in [6, 6.07) is 13.3. The van der Waals surface area contributed by atoms with Crippen LogP contribution in [-0.2, 0) is 16.1 Å². The van der Waals surface area contributed by atoms with Crippen LogP contribution in [0, 0.1) is 0 Å². The number of hydrogen-bond donors (Lipinski definition) is 1. The lowest BCUT2D eigenvalue weighted by Gasteiger charge is -2.20. The summed E-state index contributed by atoms with van der Waals surface area (Å²) in [5, 5.41) is 6.77. The summed E-state index contributed by atoms with van der Waals surface area (Å²) >= 11 is 1.62. The Balaban J connectivity index is 0.00000261. The van der Waals surface area contributed by atoms with Crippen molar-refractivity contribution in [2.24, 2.45) is 5.73 Å². The van der Waals surface area contributed by atoms with Gasteiger partial charge in [-0.1, -0.05) is 24.3 Å². The van der Waals surface area contributed by atoms with Crippen LogP contribution in [0.2, 0.25) is 0 Å². The normalized spacial score (nSPS) is 11.7. The molecule has 0 radical (unpaired) electrons. The number of nitrogens with zero attached hydrogens (tertiary/aromatic N) is 3. The second-order valence-electron chi connectivity index (χ2n) is 6.02. The Labute approximate surface area is 169 Å². The number of likely N-dealkylation sites (N-methyl/N-ethyl adjacent to an activating group) is 1. The van der Waals surface area contributed by atoms with Gasteiger partial charge in [0.25, 0.3) is 0 Å². The Hall–Kier alpha value is -2.19. The first kappa shape index (κ1) is 21.1. The lowest BCUT2D eigenvalue weighted by molar-refractivity contribution is -0.132. The summed E-state index contributed by atoms with van der Waals surface area (Å²) in [5.74, 6) is -0.156. The molecule has 0 bridgehead atoms. The van der Waals surface area contributed by atoms with E-state index >= 15 is 0 Å². The Kier molecular flexibility index (Phi) is 7.55. The minimum Gasteiger partial charge on any atom is -0.383 e. The average Bonchev–Trinajstić information content (AvgIpc) is 3.31. The summed E-state index contributed by atoms with van der Waals surface area (Å²) < 4.78 is 6.83. The van der Waals surface area contributed by atoms with E-state index in [1.165, 1.54) is 7.11 Å². The van der Waals surface area contributed by atoms with Crippen LogP contribution >= 0.6 is 23.7 Å². The van der Waals surface area contributed by atoms with Gasteiger partial charge < -0.3 is 15.4 Å². The molecule has 6 nitrogen and oxygen atoms in total. The number of rotatable bonds is 7. The van der Waals surface area contributed by atoms with Crippen LogP contribution in [0.4, 0.5) is 0 Å². The summed E-state index contributed by atoms with van der Waals surface area (Å²) in [4.78, 5) is 15.1. The van der Waals surface area contributed by atoms with Gasteiger partial charge in [-0.25, -0.2) is 4.68 Å². The third kappa shape index (κ3) is 4.95. The van der Waals surface area contributed by atoms with E-state index in [9.17, 15) is 4.79 Å². The number of para-hydroxylation sites is 1. The minimum atomic E-state index is -0.667. The zero-order valence-corrected chi connectivity index (χ0v) is 16.9. The summed E-state index contributed by atoms with van der Waals surface area (Å²) in [6.07, 6.45) is 1.97. The number of carbonyl (C=O) groups is 1. The van der Waals surface area contributed by atoms with Gasteiger partial charge in [-0.2, -0.15) is 5.10 Å². The number of halogens is 1. The molecule has 3 aromatic rings. The van der Waals surface area contributed by atoms with Crippen molar-refractivity contribution in [3.63, 3.8) is 0 Å². The van der Waals surface area contributed by atoms with E-state index in [1.54, 1.807) is 23.3 Å². The molecule has 3 rings (SSSR count). The summed E-state index contributed by atoms with van der Waals surface area (Å²) in [5.41, 5.74) is 8.70. The molecule has 2 N–H and O–H groups in total. The molecule has 1 amide bonds. The van der Waals surface area contributed by atoms with Gasteiger partial charge in [-0.05, 0) is 23.6 Å². The van der Waals surface area contributed by atoms with Crippen LogP contribution in [0.25, 0.3) is 16.3 Å². The molecule has 0 aliphatic carbocycles. The van der Waals surface area contributed by atoms with Crippen molar-refractivity contribution in [3.05, 3.63) is 59.6 Å². The first-order chi connectivity index (χ1) is 12.6. The number of ether oxygens (including phenoxy) is 1. The average molecular weight is 407 g/mol. The van der Waals surface area contributed by atoms with Gasteiger partial charge in [0.15, 0.2) is 0 Å². The SMILES string of the molecule is COCC(N)C(=O)N(C)Cc1cn(-c2ccccc2)nc1-c1cccs1.Cl. The molecule has 0 fully saturated rings. The fourth-order valence-electron chi connectivity index (χ4n) is 2.73. The van der Waals surface area contributed by atoms with E-state index in [1.807, 2.05) is 58.7 Å². The van der Waals surface area contributed by atoms with E-state index in [2.05, 4.69) is 0 Å². The molecule has 0 spiro atoms. The van der Waals surface area contributed by atoms with Gasteiger partial charge in [0.05, 0.1) is 17.2 Å². The molecular formula is C19H23ClN4O2S. The maximum absolute atomic E-state index is 12.4. The molecular weight excluding hydrogens is 384 g/mol. The molecule has 1 unspecified atom stereocenters. The number of aromatic nitrogens is 2. The highest BCUT2D eigenvalue weighted by Crippen LogP contribution is 2.28. The van der Waals surface area contributed by atoms with E-state index in [-0.39, 0.29) is 24.9 Å². The standard InChI is InChI=1S/C19H22N4O2S.ClH/c1-22(19(24)16(20)13-25-2)11-14-12-23(15-7-4-3-5-8-15)21-18(14)17-9-6-10-26-17;/h3-10,12,16H,11,13,20H2,1-2H3;1H. The highest BCUT2D eigenvalue weighted by Gasteiger charge is 2.21. The lowest BCUT2D eigenvalue weighted by atomic mass is 10.2. The van der Waals surface area contributed by atoms with Gasteiger partial charge in [-0.15, -0.1) is 23.7 Å². The van der Waals surface area contributed by atoms with Crippen LogP contribution < -0.4 is 5.73 Å². The zero-order chi connectivity index (χ0) is 18.5. The fourth-order valence-corrected chi connectivity index (χ4v) is 3.47. The Bertz CT molecular complexity index is 852. The van der Waals surface area contributed by atoms with Crippen LogP contribution in [0.15, 0.2) is 54.0 Å². The first-order valence-electron chi connectivity index (χ1n) is 8.27. The summed E-state index contributed by atoms with van der Waals surface area (Å²) in [7, 11) is 3.28. The van der Waals surface area contributed by atoms with Gasteiger partial charge in [-0.3, -0.25) is 4.79 Å². The molecule has 2 aromatic heterocycles. The number of carbonyl (C=O) groups excluding carboxylic acids is 1. The molecule has 144 valence electrons. The third-order valence-corrected chi connectivity index (χ3v) is 4.89. The molecule has 0 aliphatic heterocycles. The van der Waals surface area contributed by atoms with Crippen molar-refractivity contribution in [2.75, 3.05) is 20.8 Å². The second-order valence-corrected chi connectivity index (χ2v) is 6.96. The Morgan fingerprint density at radius 3 is 2.67 bits per heavy atom. The highest BCUT2D eigenvalue weighted by molar-refractivity contribution is 7.13. The number of amides is 1. The van der Waals surface area contributed by atoms with E-state index < -0.39 is 6.04 Å². The maximum Gasteiger partial charge on any atom is 0.241 e. The molecule has 0 saturated heterocycles. The summed E-state index contributed by atoms with van der Waals surface area (Å²) in [6.45, 7) is 0.626. The predicted molar refractivity (Wildman–Crippen MR) is 110 cm³/mol. The molecule has 1 atom stereocenters. The van der Waals surface area contributed by atoms with E-state index in [4.69, 9.17) is 15.6 Å². The molecule has 8 heteroatoms. The van der Waals surface area contributed by atoms with Crippen LogP contribution in [0.1, 0.15) is 5.56 Å². The number of benzene rings is 1. The second kappa shape index (κ2) is 9.66. The number of thiophene rings is 1. The van der Waals surface area contributed by atoms with Crippen molar-refractivity contribution in [1.29, 1.82) is 0 Å². The molecule has 0 saturated carbocycles. The Morgan fingerprint density at radius 1 is 1.30 bits per heavy atom. The highest BCUT2D eigenvalue weighted by atomic mass is 35.5. The van der Waals surface area contributed by atoms with Gasteiger partial charge in [0.2, 0.25) is 5.91 Å². The fraction of sp³-hybridized carbons (Fsp3) is 0.263. The van der Waals surface area contributed by atoms with Crippen molar-refractivity contribution in [1.82, 2.24) is 14.7 Å². The zero-order valence-electron chi connectivity index (χ0n) is 15.2. The quantitative estimate of drug-likeness (QED) is 0.654. The first-order valence-corrected chi connectivity index (χ1v) is 9.15. The van der Waals surface area contributed by atoms with Crippen molar-refractivity contribution < 1.29 is 9.53 Å². The minimum absolute atomic E-state index is 0.